The van der Waals surface area contributed by atoms with Crippen LogP contribution in [0.2, 0.25) is 0 Å². The van der Waals surface area contributed by atoms with Gasteiger partial charge in [-0.2, -0.15) is 5.26 Å². The zero-order valence-electron chi connectivity index (χ0n) is 13.1. The molecule has 6 nitrogen and oxygen atoms in total. The number of nitrogens with zero attached hydrogens (tertiary/aromatic N) is 1. The maximum Gasteiger partial charge on any atom is 0.407 e. The van der Waals surface area contributed by atoms with E-state index < -0.39 is 12.1 Å². The zero-order valence-corrected chi connectivity index (χ0v) is 13.1. The summed E-state index contributed by atoms with van der Waals surface area (Å²) in [6.45, 7) is 3.94. The highest BCUT2D eigenvalue weighted by atomic mass is 16.5. The van der Waals surface area contributed by atoms with Crippen molar-refractivity contribution in [3.8, 4) is 6.07 Å². The molecule has 1 atom stereocenters. The van der Waals surface area contributed by atoms with Crippen LogP contribution in [0.15, 0.2) is 24.3 Å². The molecular weight excluding hydrogens is 282 g/mol. The highest BCUT2D eigenvalue weighted by Gasteiger charge is 2.22. The Morgan fingerprint density at radius 3 is 2.41 bits per heavy atom. The van der Waals surface area contributed by atoms with E-state index in [0.29, 0.717) is 18.5 Å². The van der Waals surface area contributed by atoms with Crippen molar-refractivity contribution in [2.75, 3.05) is 12.4 Å². The van der Waals surface area contributed by atoms with Gasteiger partial charge in [-0.05, 0) is 30.0 Å². The summed E-state index contributed by atoms with van der Waals surface area (Å²) >= 11 is 0. The van der Waals surface area contributed by atoms with Crippen molar-refractivity contribution in [1.82, 2.24) is 5.32 Å². The van der Waals surface area contributed by atoms with E-state index in [1.165, 1.54) is 7.11 Å². The number of methoxy groups -OCH3 is 1. The fraction of sp³-hybridized carbons (Fsp3) is 0.438. The van der Waals surface area contributed by atoms with E-state index in [9.17, 15) is 9.59 Å². The van der Waals surface area contributed by atoms with Gasteiger partial charge in [0.05, 0.1) is 19.6 Å². The molecule has 6 heteroatoms. The van der Waals surface area contributed by atoms with Crippen LogP contribution in [0.3, 0.4) is 0 Å². The maximum atomic E-state index is 12.3. The van der Waals surface area contributed by atoms with Gasteiger partial charge < -0.3 is 15.4 Å². The quantitative estimate of drug-likeness (QED) is 0.844. The van der Waals surface area contributed by atoms with Gasteiger partial charge in [0.2, 0.25) is 5.91 Å². The van der Waals surface area contributed by atoms with Gasteiger partial charge in [-0.15, -0.1) is 0 Å². The third kappa shape index (κ3) is 5.83. The summed E-state index contributed by atoms with van der Waals surface area (Å²) in [4.78, 5) is 23.6. The molecule has 2 amide bonds. The van der Waals surface area contributed by atoms with E-state index in [1.54, 1.807) is 24.3 Å². The minimum Gasteiger partial charge on any atom is -0.453 e. The van der Waals surface area contributed by atoms with E-state index >= 15 is 0 Å². The van der Waals surface area contributed by atoms with Crippen molar-refractivity contribution in [3.05, 3.63) is 29.8 Å². The van der Waals surface area contributed by atoms with Crippen LogP contribution in [-0.4, -0.2) is 25.2 Å². The summed E-state index contributed by atoms with van der Waals surface area (Å²) in [7, 11) is 1.26. The number of anilines is 1. The van der Waals surface area contributed by atoms with Gasteiger partial charge in [-0.1, -0.05) is 26.0 Å². The van der Waals surface area contributed by atoms with Crippen LogP contribution in [0.4, 0.5) is 10.5 Å². The van der Waals surface area contributed by atoms with E-state index in [2.05, 4.69) is 21.4 Å². The number of benzene rings is 1. The third-order valence-electron chi connectivity index (χ3n) is 3.01. The first-order valence-corrected chi connectivity index (χ1v) is 7.07. The number of hydrogen-bond acceptors (Lipinski definition) is 4. The predicted molar refractivity (Wildman–Crippen MR) is 83.2 cm³/mol. The summed E-state index contributed by atoms with van der Waals surface area (Å²) in [5, 5.41) is 13.9. The minimum absolute atomic E-state index is 0.242. The molecule has 1 aromatic carbocycles. The van der Waals surface area contributed by atoms with E-state index in [-0.39, 0.29) is 11.8 Å². The number of carbonyl (C=O) groups is 2. The van der Waals surface area contributed by atoms with Crippen molar-refractivity contribution in [2.24, 2.45) is 5.92 Å². The third-order valence-corrected chi connectivity index (χ3v) is 3.01. The molecule has 0 spiro atoms. The minimum atomic E-state index is -0.661. The van der Waals surface area contributed by atoms with Crippen molar-refractivity contribution < 1.29 is 14.3 Å². The van der Waals surface area contributed by atoms with Gasteiger partial charge in [0.15, 0.2) is 0 Å². The second kappa shape index (κ2) is 8.67. The van der Waals surface area contributed by atoms with Gasteiger partial charge in [0.25, 0.3) is 0 Å². The Labute approximate surface area is 130 Å². The number of alkyl carbamates (subject to hydrolysis) is 1. The molecule has 0 saturated carbocycles. The number of nitrogens with one attached hydrogen (secondary N) is 2. The number of carbonyl (C=O) groups excluding carboxylic acids is 2. The molecule has 22 heavy (non-hydrogen) atoms. The number of rotatable bonds is 6. The van der Waals surface area contributed by atoms with Gasteiger partial charge >= 0.3 is 6.09 Å². The lowest BCUT2D eigenvalue weighted by Gasteiger charge is -2.19. The smallest absolute Gasteiger partial charge is 0.407 e. The fourth-order valence-electron chi connectivity index (χ4n) is 1.93. The number of amides is 2. The standard InChI is InChI=1S/C16H21N3O3/c1-11(2)10-14(19-16(21)22-3)15(20)18-13-6-4-12(5-7-13)8-9-17/h4-7,11,14H,8,10H2,1-3H3,(H,18,20)(H,19,21)/t14-/m0/s1. The molecule has 0 unspecified atom stereocenters. The van der Waals surface area contributed by atoms with Crippen LogP contribution >= 0.6 is 0 Å². The van der Waals surface area contributed by atoms with Gasteiger partial charge in [-0.25, -0.2) is 4.79 Å². The Morgan fingerprint density at radius 1 is 1.27 bits per heavy atom. The van der Waals surface area contributed by atoms with Crippen molar-refractivity contribution in [1.29, 1.82) is 5.26 Å². The van der Waals surface area contributed by atoms with E-state index in [4.69, 9.17) is 5.26 Å². The summed E-state index contributed by atoms with van der Waals surface area (Å²) in [6.07, 6.45) is 0.201. The first-order valence-electron chi connectivity index (χ1n) is 7.07. The summed E-state index contributed by atoms with van der Waals surface area (Å²) in [5.41, 5.74) is 1.50. The molecule has 1 aromatic rings. The van der Waals surface area contributed by atoms with Gasteiger partial charge in [0, 0.05) is 5.69 Å². The Morgan fingerprint density at radius 2 is 1.91 bits per heavy atom. The Bertz CT molecular complexity index is 547. The van der Waals surface area contributed by atoms with Gasteiger partial charge in [-0.3, -0.25) is 4.79 Å². The molecule has 0 bridgehead atoms. The molecule has 2 N–H and O–H groups in total. The van der Waals surface area contributed by atoms with Crippen LogP contribution in [0, 0.1) is 17.2 Å². The zero-order chi connectivity index (χ0) is 16.5. The van der Waals surface area contributed by atoms with E-state index in [0.717, 1.165) is 5.56 Å². The first-order chi connectivity index (χ1) is 10.5. The Balaban J connectivity index is 2.72. The predicted octanol–water partition coefficient (Wildman–Crippen LogP) is 2.46. The monoisotopic (exact) mass is 303 g/mol. The van der Waals surface area contributed by atoms with Crippen LogP contribution < -0.4 is 10.6 Å². The molecule has 1 rings (SSSR count). The SMILES string of the molecule is COC(=O)N[C@@H](CC(C)C)C(=O)Nc1ccc(CC#N)cc1. The molecule has 0 aliphatic rings. The molecule has 0 fully saturated rings. The lowest BCUT2D eigenvalue weighted by atomic mass is 10.0. The van der Waals surface area contributed by atoms with Crippen molar-refractivity contribution in [3.63, 3.8) is 0 Å². The van der Waals surface area contributed by atoms with E-state index in [1.807, 2.05) is 13.8 Å². The number of nitriles is 1. The normalized spacial score (nSPS) is 11.4. The highest BCUT2D eigenvalue weighted by Crippen LogP contribution is 2.12. The number of hydrogen-bond donors (Lipinski definition) is 2. The maximum absolute atomic E-state index is 12.3. The van der Waals surface area contributed by atoms with Gasteiger partial charge in [0.1, 0.15) is 6.04 Å². The summed E-state index contributed by atoms with van der Waals surface area (Å²) < 4.78 is 4.54. The molecule has 0 saturated heterocycles. The average Bonchev–Trinajstić information content (AvgIpc) is 2.48. The highest BCUT2D eigenvalue weighted by molar-refractivity contribution is 5.96. The van der Waals surface area contributed by atoms with Crippen molar-refractivity contribution in [2.45, 2.75) is 32.7 Å². The van der Waals surface area contributed by atoms with Crippen LogP contribution in [-0.2, 0) is 16.0 Å². The van der Waals surface area contributed by atoms with Crippen LogP contribution in [0.5, 0.6) is 0 Å². The molecule has 0 heterocycles. The van der Waals surface area contributed by atoms with Crippen LogP contribution in [0.25, 0.3) is 0 Å². The van der Waals surface area contributed by atoms with Crippen molar-refractivity contribution >= 4 is 17.7 Å². The molecule has 0 aliphatic carbocycles. The largest absolute Gasteiger partial charge is 0.453 e. The molecule has 0 radical (unpaired) electrons. The lowest BCUT2D eigenvalue weighted by Crippen LogP contribution is -2.44. The Kier molecular flexibility index (Phi) is 6.90. The summed E-state index contributed by atoms with van der Waals surface area (Å²) in [5.74, 6) is -0.0574. The molecular formula is C16H21N3O3. The lowest BCUT2D eigenvalue weighted by molar-refractivity contribution is -0.118. The second-order valence-electron chi connectivity index (χ2n) is 5.34. The molecule has 0 aromatic heterocycles. The molecule has 0 aliphatic heterocycles. The summed E-state index contributed by atoms with van der Waals surface area (Å²) in [6, 6.07) is 8.43. The Hall–Kier alpha value is -2.55. The first kappa shape index (κ1) is 17.5. The fourth-order valence-corrected chi connectivity index (χ4v) is 1.93. The molecule has 118 valence electrons. The second-order valence-corrected chi connectivity index (χ2v) is 5.34. The van der Waals surface area contributed by atoms with Crippen LogP contribution in [0.1, 0.15) is 25.8 Å². The number of ether oxygens (including phenoxy) is 1. The topological polar surface area (TPSA) is 91.2 Å². The average molecular weight is 303 g/mol.